The molecule has 1 amide bonds. The topological polar surface area (TPSA) is 38.3 Å². The summed E-state index contributed by atoms with van der Waals surface area (Å²) in [5.74, 6) is -0.564. The predicted molar refractivity (Wildman–Crippen MR) is 76.3 cm³/mol. The van der Waals surface area contributed by atoms with E-state index in [1.807, 2.05) is 6.92 Å². The molecule has 0 radical (unpaired) electrons. The van der Waals surface area contributed by atoms with Gasteiger partial charge in [-0.1, -0.05) is 25.1 Å². The molecule has 122 valence electrons. The molecule has 0 unspecified atom stereocenters. The van der Waals surface area contributed by atoms with Crippen LogP contribution in [0.5, 0.6) is 0 Å². The minimum Gasteiger partial charge on any atom is -0.379 e. The molecule has 1 N–H and O–H groups in total. The fourth-order valence-electron chi connectivity index (χ4n) is 2.51. The Balaban J connectivity index is 1.99. The molecule has 0 aromatic heterocycles. The summed E-state index contributed by atoms with van der Waals surface area (Å²) in [4.78, 5) is 12.2. The number of benzene rings is 1. The third kappa shape index (κ3) is 4.22. The van der Waals surface area contributed by atoms with Crippen LogP contribution in [0.1, 0.15) is 31.4 Å². The molecule has 1 aliphatic heterocycles. The minimum absolute atomic E-state index is 0.162. The third-order valence-corrected chi connectivity index (χ3v) is 3.89. The summed E-state index contributed by atoms with van der Waals surface area (Å²) in [7, 11) is 0. The summed E-state index contributed by atoms with van der Waals surface area (Å²) < 4.78 is 43.3. The maximum atomic E-state index is 12.7. The summed E-state index contributed by atoms with van der Waals surface area (Å²) in [6, 6.07) is 5.11. The van der Waals surface area contributed by atoms with Crippen molar-refractivity contribution in [3.8, 4) is 0 Å². The molecule has 2 rings (SSSR count). The van der Waals surface area contributed by atoms with E-state index in [1.54, 1.807) is 13.0 Å². The van der Waals surface area contributed by atoms with Gasteiger partial charge in [-0.15, -0.1) is 0 Å². The van der Waals surface area contributed by atoms with Gasteiger partial charge in [0.1, 0.15) is 0 Å². The first-order valence-corrected chi connectivity index (χ1v) is 7.25. The van der Waals surface area contributed by atoms with Gasteiger partial charge < -0.3 is 10.1 Å². The molecule has 1 heterocycles. The van der Waals surface area contributed by atoms with Crippen LogP contribution in [0.15, 0.2) is 24.3 Å². The fourth-order valence-corrected chi connectivity index (χ4v) is 2.51. The zero-order chi connectivity index (χ0) is 16.4. The van der Waals surface area contributed by atoms with Crippen LogP contribution in [-0.2, 0) is 22.1 Å². The Morgan fingerprint density at radius 3 is 2.77 bits per heavy atom. The molecule has 6 heteroatoms. The highest BCUT2D eigenvalue weighted by Crippen LogP contribution is 2.30. The van der Waals surface area contributed by atoms with Crippen LogP contribution in [0.4, 0.5) is 13.2 Å². The van der Waals surface area contributed by atoms with Crippen molar-refractivity contribution in [1.29, 1.82) is 0 Å². The monoisotopic (exact) mass is 315 g/mol. The van der Waals surface area contributed by atoms with Gasteiger partial charge in [0, 0.05) is 12.5 Å². The number of hydrogen-bond donors (Lipinski definition) is 1. The van der Waals surface area contributed by atoms with E-state index in [2.05, 4.69) is 5.32 Å². The Labute approximate surface area is 127 Å². The van der Waals surface area contributed by atoms with Crippen molar-refractivity contribution in [1.82, 2.24) is 5.32 Å². The van der Waals surface area contributed by atoms with Gasteiger partial charge in [-0.3, -0.25) is 4.79 Å². The van der Waals surface area contributed by atoms with E-state index in [0.29, 0.717) is 18.8 Å². The largest absolute Gasteiger partial charge is 0.416 e. The lowest BCUT2D eigenvalue weighted by molar-refractivity contribution is -0.137. The van der Waals surface area contributed by atoms with Gasteiger partial charge >= 0.3 is 6.18 Å². The molecule has 0 bridgehead atoms. The highest BCUT2D eigenvalue weighted by atomic mass is 19.4. The summed E-state index contributed by atoms with van der Waals surface area (Å²) in [6.45, 7) is 4.71. The summed E-state index contributed by atoms with van der Waals surface area (Å²) >= 11 is 0. The van der Waals surface area contributed by atoms with E-state index in [-0.39, 0.29) is 17.9 Å². The molecule has 1 aromatic rings. The first-order chi connectivity index (χ1) is 10.2. The number of carbonyl (C=O) groups is 1. The Bertz CT molecular complexity index is 536. The zero-order valence-electron chi connectivity index (χ0n) is 12.7. The first-order valence-electron chi connectivity index (χ1n) is 7.25. The van der Waals surface area contributed by atoms with E-state index < -0.39 is 17.7 Å². The molecule has 0 aliphatic carbocycles. The predicted octanol–water partition coefficient (Wildman–Crippen LogP) is 3.18. The zero-order valence-corrected chi connectivity index (χ0v) is 12.7. The van der Waals surface area contributed by atoms with Gasteiger partial charge in [-0.25, -0.2) is 0 Å². The molecule has 1 saturated heterocycles. The Hall–Kier alpha value is -1.56. The van der Waals surface area contributed by atoms with Crippen molar-refractivity contribution >= 4 is 5.91 Å². The Kier molecular flexibility index (Phi) is 4.80. The van der Waals surface area contributed by atoms with Gasteiger partial charge in [-0.05, 0) is 31.4 Å². The normalized spacial score (nSPS) is 23.3. The van der Waals surface area contributed by atoms with Crippen LogP contribution in [-0.4, -0.2) is 24.7 Å². The van der Waals surface area contributed by atoms with Crippen LogP contribution in [0.2, 0.25) is 0 Å². The second-order valence-corrected chi connectivity index (χ2v) is 6.16. The van der Waals surface area contributed by atoms with E-state index in [9.17, 15) is 18.0 Å². The highest BCUT2D eigenvalue weighted by molar-refractivity contribution is 5.79. The quantitative estimate of drug-likeness (QED) is 0.927. The molecule has 0 spiro atoms. The number of carbonyl (C=O) groups excluding carboxylic acids is 1. The van der Waals surface area contributed by atoms with Gasteiger partial charge in [0.2, 0.25) is 5.91 Å². The molecular formula is C16H20F3NO2. The van der Waals surface area contributed by atoms with Gasteiger partial charge in [0.25, 0.3) is 0 Å². The number of alkyl halides is 3. The molecule has 0 saturated carbocycles. The second kappa shape index (κ2) is 6.28. The standard InChI is InChI=1S/C16H20F3NO2/c1-11(14(21)20-15(2)6-7-22-10-15)8-12-4-3-5-13(9-12)16(17,18)19/h3-5,9,11H,6-8,10H2,1-2H3,(H,20,21)/t11-,15-/m0/s1. The van der Waals surface area contributed by atoms with Crippen LogP contribution < -0.4 is 5.32 Å². The van der Waals surface area contributed by atoms with Crippen molar-refractivity contribution in [2.24, 2.45) is 5.92 Å². The Morgan fingerprint density at radius 1 is 1.45 bits per heavy atom. The number of amides is 1. The summed E-state index contributed by atoms with van der Waals surface area (Å²) in [5, 5.41) is 2.93. The lowest BCUT2D eigenvalue weighted by atomic mass is 9.96. The van der Waals surface area contributed by atoms with E-state index >= 15 is 0 Å². The molecule has 2 atom stereocenters. The minimum atomic E-state index is -4.36. The lowest BCUT2D eigenvalue weighted by Crippen LogP contribution is -2.48. The van der Waals surface area contributed by atoms with Crippen molar-refractivity contribution in [3.05, 3.63) is 35.4 Å². The smallest absolute Gasteiger partial charge is 0.379 e. The molecule has 1 aliphatic rings. The second-order valence-electron chi connectivity index (χ2n) is 6.16. The van der Waals surface area contributed by atoms with Crippen molar-refractivity contribution in [2.75, 3.05) is 13.2 Å². The number of ether oxygens (including phenoxy) is 1. The van der Waals surface area contributed by atoms with Crippen molar-refractivity contribution in [3.63, 3.8) is 0 Å². The van der Waals surface area contributed by atoms with E-state index in [1.165, 1.54) is 6.07 Å². The Morgan fingerprint density at radius 2 is 2.18 bits per heavy atom. The lowest BCUT2D eigenvalue weighted by Gasteiger charge is -2.25. The molecule has 22 heavy (non-hydrogen) atoms. The van der Waals surface area contributed by atoms with Gasteiger partial charge in [-0.2, -0.15) is 13.2 Å². The number of hydrogen-bond acceptors (Lipinski definition) is 2. The van der Waals surface area contributed by atoms with Crippen LogP contribution in [0, 0.1) is 5.92 Å². The highest BCUT2D eigenvalue weighted by Gasteiger charge is 2.33. The number of nitrogens with one attached hydrogen (secondary N) is 1. The van der Waals surface area contributed by atoms with E-state index in [4.69, 9.17) is 4.74 Å². The SMILES string of the molecule is C[C@@H](Cc1cccc(C(F)(F)F)c1)C(=O)N[C@@]1(C)CCOC1. The maximum Gasteiger partial charge on any atom is 0.416 e. The molecule has 3 nitrogen and oxygen atoms in total. The first kappa shape index (κ1) is 16.8. The summed E-state index contributed by atoms with van der Waals surface area (Å²) in [6.07, 6.45) is -3.35. The number of rotatable bonds is 4. The van der Waals surface area contributed by atoms with Crippen LogP contribution in [0.25, 0.3) is 0 Å². The average molecular weight is 315 g/mol. The molecular weight excluding hydrogens is 295 g/mol. The molecule has 1 aromatic carbocycles. The van der Waals surface area contributed by atoms with Crippen LogP contribution >= 0.6 is 0 Å². The van der Waals surface area contributed by atoms with Gasteiger partial charge in [0.05, 0.1) is 17.7 Å². The third-order valence-electron chi connectivity index (χ3n) is 3.89. The van der Waals surface area contributed by atoms with Gasteiger partial charge in [0.15, 0.2) is 0 Å². The molecule has 1 fully saturated rings. The summed E-state index contributed by atoms with van der Waals surface area (Å²) in [5.41, 5.74) is -0.557. The van der Waals surface area contributed by atoms with Crippen molar-refractivity contribution in [2.45, 2.75) is 38.4 Å². The van der Waals surface area contributed by atoms with Crippen LogP contribution in [0.3, 0.4) is 0 Å². The average Bonchev–Trinajstić information content (AvgIpc) is 2.84. The van der Waals surface area contributed by atoms with Crippen molar-refractivity contribution < 1.29 is 22.7 Å². The fraction of sp³-hybridized carbons (Fsp3) is 0.562. The van der Waals surface area contributed by atoms with E-state index in [0.717, 1.165) is 18.6 Å². The maximum absolute atomic E-state index is 12.7. The number of halogens is 3.